The van der Waals surface area contributed by atoms with E-state index in [0.717, 1.165) is 17.5 Å². The van der Waals surface area contributed by atoms with Crippen LogP contribution in [0.25, 0.3) is 0 Å². The van der Waals surface area contributed by atoms with Crippen LogP contribution in [0.5, 0.6) is 0 Å². The normalized spacial score (nSPS) is 11.8. The van der Waals surface area contributed by atoms with Crippen molar-refractivity contribution in [1.29, 1.82) is 0 Å². The van der Waals surface area contributed by atoms with Gasteiger partial charge in [0.15, 0.2) is 5.16 Å². The number of rotatable bonds is 5. The first-order valence-electron chi connectivity index (χ1n) is 5.23. The van der Waals surface area contributed by atoms with E-state index in [1.165, 1.54) is 11.8 Å². The molecule has 3 nitrogen and oxygen atoms in total. The number of thiol groups is 1. The predicted octanol–water partition coefficient (Wildman–Crippen LogP) is 2.52. The van der Waals surface area contributed by atoms with Crippen molar-refractivity contribution in [2.75, 3.05) is 11.5 Å². The summed E-state index contributed by atoms with van der Waals surface area (Å²) in [5.41, 5.74) is -0.270. The largest absolute Gasteiger partial charge is 0.325 e. The van der Waals surface area contributed by atoms with Gasteiger partial charge in [0.05, 0.1) is 5.75 Å². The number of nitrogens with zero attached hydrogens (tertiary/aromatic N) is 2. The van der Waals surface area contributed by atoms with Gasteiger partial charge in [-0.15, -0.1) is 0 Å². The molecule has 90 valence electrons. The molecule has 1 heterocycles. The molecule has 0 spiro atoms. The van der Waals surface area contributed by atoms with Crippen molar-refractivity contribution in [3.63, 3.8) is 0 Å². The SMILES string of the molecule is CC(C)(C)C(=O)CSc1nccn1CCS. The van der Waals surface area contributed by atoms with Gasteiger partial charge in [-0.2, -0.15) is 12.6 Å². The molecule has 0 N–H and O–H groups in total. The Morgan fingerprint density at radius 1 is 1.56 bits per heavy atom. The van der Waals surface area contributed by atoms with Gasteiger partial charge in [0.1, 0.15) is 5.78 Å². The summed E-state index contributed by atoms with van der Waals surface area (Å²) in [6.07, 6.45) is 3.67. The Labute approximate surface area is 106 Å². The van der Waals surface area contributed by atoms with Crippen LogP contribution in [0.4, 0.5) is 0 Å². The standard InChI is InChI=1S/C11H18N2OS2/c1-11(2,3)9(14)8-16-10-12-4-5-13(10)6-7-15/h4-5,15H,6-8H2,1-3H3. The lowest BCUT2D eigenvalue weighted by atomic mass is 9.92. The molecule has 0 saturated heterocycles. The van der Waals surface area contributed by atoms with Crippen LogP contribution in [0.15, 0.2) is 17.6 Å². The molecule has 0 unspecified atom stereocenters. The summed E-state index contributed by atoms with van der Waals surface area (Å²) in [5.74, 6) is 1.50. The van der Waals surface area contributed by atoms with Gasteiger partial charge in [-0.1, -0.05) is 32.5 Å². The molecule has 1 aromatic rings. The number of ketones is 1. The fourth-order valence-electron chi connectivity index (χ4n) is 1.06. The van der Waals surface area contributed by atoms with Crippen LogP contribution in [0.2, 0.25) is 0 Å². The first-order chi connectivity index (χ1) is 7.45. The molecular formula is C11H18N2OS2. The highest BCUT2D eigenvalue weighted by Crippen LogP contribution is 2.22. The van der Waals surface area contributed by atoms with Crippen LogP contribution in [-0.2, 0) is 11.3 Å². The minimum atomic E-state index is -0.270. The minimum Gasteiger partial charge on any atom is -0.325 e. The fraction of sp³-hybridized carbons (Fsp3) is 0.636. The third-order valence-corrected chi connectivity index (χ3v) is 3.39. The predicted molar refractivity (Wildman–Crippen MR) is 71.3 cm³/mol. The van der Waals surface area contributed by atoms with E-state index in [2.05, 4.69) is 17.6 Å². The average molecular weight is 258 g/mol. The second-order valence-corrected chi connectivity index (χ2v) is 5.98. The maximum Gasteiger partial charge on any atom is 0.168 e. The van der Waals surface area contributed by atoms with Crippen LogP contribution in [0.1, 0.15) is 20.8 Å². The highest BCUT2D eigenvalue weighted by molar-refractivity contribution is 7.99. The van der Waals surface area contributed by atoms with E-state index in [1.54, 1.807) is 6.20 Å². The molecule has 1 aromatic heterocycles. The zero-order chi connectivity index (χ0) is 12.2. The number of Topliss-reactive ketones (excluding diaryl/α,β-unsaturated/α-hetero) is 1. The Morgan fingerprint density at radius 2 is 2.25 bits per heavy atom. The highest BCUT2D eigenvalue weighted by atomic mass is 32.2. The fourth-order valence-corrected chi connectivity index (χ4v) is 2.42. The molecule has 0 aliphatic heterocycles. The van der Waals surface area contributed by atoms with Crippen molar-refractivity contribution in [2.24, 2.45) is 5.41 Å². The maximum atomic E-state index is 11.8. The Balaban J connectivity index is 2.54. The Hall–Kier alpha value is -0.420. The zero-order valence-corrected chi connectivity index (χ0v) is 11.6. The van der Waals surface area contributed by atoms with Crippen LogP contribution in [0, 0.1) is 5.41 Å². The first kappa shape index (κ1) is 13.6. The van der Waals surface area contributed by atoms with Crippen molar-refractivity contribution in [3.8, 4) is 0 Å². The van der Waals surface area contributed by atoms with Crippen LogP contribution < -0.4 is 0 Å². The van der Waals surface area contributed by atoms with Gasteiger partial charge < -0.3 is 4.57 Å². The number of hydrogen-bond acceptors (Lipinski definition) is 4. The Kier molecular flexibility index (Phi) is 4.92. The lowest BCUT2D eigenvalue weighted by Crippen LogP contribution is -2.22. The average Bonchev–Trinajstić information content (AvgIpc) is 2.61. The lowest BCUT2D eigenvalue weighted by Gasteiger charge is -2.15. The molecule has 0 aromatic carbocycles. The molecule has 5 heteroatoms. The summed E-state index contributed by atoms with van der Waals surface area (Å²) in [6.45, 7) is 6.65. The number of aryl methyl sites for hydroxylation is 1. The summed E-state index contributed by atoms with van der Waals surface area (Å²) in [4.78, 5) is 16.0. The van der Waals surface area contributed by atoms with Gasteiger partial charge >= 0.3 is 0 Å². The van der Waals surface area contributed by atoms with Crippen LogP contribution >= 0.6 is 24.4 Å². The van der Waals surface area contributed by atoms with Crippen LogP contribution in [0.3, 0.4) is 0 Å². The topological polar surface area (TPSA) is 34.9 Å². The summed E-state index contributed by atoms with van der Waals surface area (Å²) >= 11 is 5.68. The maximum absolute atomic E-state index is 11.8. The van der Waals surface area contributed by atoms with E-state index in [4.69, 9.17) is 0 Å². The molecule has 0 fully saturated rings. The summed E-state index contributed by atoms with van der Waals surface area (Å²) in [7, 11) is 0. The van der Waals surface area contributed by atoms with Gasteiger partial charge in [0, 0.05) is 30.1 Å². The second kappa shape index (κ2) is 5.77. The first-order valence-corrected chi connectivity index (χ1v) is 6.85. The van der Waals surface area contributed by atoms with E-state index >= 15 is 0 Å². The number of thioether (sulfide) groups is 1. The van der Waals surface area contributed by atoms with Gasteiger partial charge in [-0.05, 0) is 0 Å². The van der Waals surface area contributed by atoms with E-state index in [9.17, 15) is 4.79 Å². The van der Waals surface area contributed by atoms with Crippen molar-refractivity contribution in [3.05, 3.63) is 12.4 Å². The second-order valence-electron chi connectivity index (χ2n) is 4.59. The smallest absolute Gasteiger partial charge is 0.168 e. The highest BCUT2D eigenvalue weighted by Gasteiger charge is 2.21. The molecular weight excluding hydrogens is 240 g/mol. The van der Waals surface area contributed by atoms with Gasteiger partial charge in [0.25, 0.3) is 0 Å². The van der Waals surface area contributed by atoms with Gasteiger partial charge in [-0.25, -0.2) is 4.98 Å². The molecule has 0 amide bonds. The Bertz CT molecular complexity index is 355. The summed E-state index contributed by atoms with van der Waals surface area (Å²) in [6, 6.07) is 0. The molecule has 16 heavy (non-hydrogen) atoms. The minimum absolute atomic E-state index is 0.248. The number of carbonyl (C=O) groups excluding carboxylic acids is 1. The molecule has 0 atom stereocenters. The molecule has 1 rings (SSSR count). The third-order valence-electron chi connectivity index (χ3n) is 2.19. The van der Waals surface area contributed by atoms with Crippen molar-refractivity contribution >= 4 is 30.2 Å². The Morgan fingerprint density at radius 3 is 2.81 bits per heavy atom. The van der Waals surface area contributed by atoms with Crippen LogP contribution in [-0.4, -0.2) is 26.8 Å². The van der Waals surface area contributed by atoms with Crippen molar-refractivity contribution < 1.29 is 4.79 Å². The molecule has 0 bridgehead atoms. The number of imidazole rings is 1. The van der Waals surface area contributed by atoms with E-state index in [1.807, 2.05) is 31.5 Å². The molecule has 0 aliphatic carbocycles. The number of aromatic nitrogens is 2. The molecule has 0 radical (unpaired) electrons. The quantitative estimate of drug-likeness (QED) is 0.651. The third kappa shape index (κ3) is 3.87. The zero-order valence-electron chi connectivity index (χ0n) is 9.93. The summed E-state index contributed by atoms with van der Waals surface area (Å²) in [5, 5.41) is 0.895. The van der Waals surface area contributed by atoms with Crippen molar-refractivity contribution in [1.82, 2.24) is 9.55 Å². The summed E-state index contributed by atoms with van der Waals surface area (Å²) < 4.78 is 2.02. The van der Waals surface area contributed by atoms with E-state index in [0.29, 0.717) is 5.75 Å². The molecule has 0 aliphatic rings. The number of carbonyl (C=O) groups is 1. The van der Waals surface area contributed by atoms with Gasteiger partial charge in [-0.3, -0.25) is 4.79 Å². The molecule has 0 saturated carbocycles. The van der Waals surface area contributed by atoms with Gasteiger partial charge in [0.2, 0.25) is 0 Å². The number of hydrogen-bond donors (Lipinski definition) is 1. The van der Waals surface area contributed by atoms with E-state index in [-0.39, 0.29) is 11.2 Å². The lowest BCUT2D eigenvalue weighted by molar-refractivity contribution is -0.123. The van der Waals surface area contributed by atoms with Crippen molar-refractivity contribution in [2.45, 2.75) is 32.5 Å². The monoisotopic (exact) mass is 258 g/mol. The van der Waals surface area contributed by atoms with E-state index < -0.39 is 0 Å².